The van der Waals surface area contributed by atoms with Crippen LogP contribution < -0.4 is 10.6 Å². The molecule has 2 aromatic rings. The number of benzene rings is 2. The van der Waals surface area contributed by atoms with E-state index in [0.29, 0.717) is 23.7 Å². The van der Waals surface area contributed by atoms with E-state index >= 15 is 0 Å². The van der Waals surface area contributed by atoms with Gasteiger partial charge in [0.15, 0.2) is 0 Å². The Morgan fingerprint density at radius 3 is 2.58 bits per heavy atom. The van der Waals surface area contributed by atoms with Crippen LogP contribution in [0.15, 0.2) is 48.5 Å². The van der Waals surface area contributed by atoms with Crippen molar-refractivity contribution in [1.82, 2.24) is 5.32 Å². The lowest BCUT2D eigenvalue weighted by molar-refractivity contribution is -0.384. The van der Waals surface area contributed by atoms with Crippen LogP contribution in [0.2, 0.25) is 5.02 Å². The standard InChI is InChI=1S/C17H18ClN3O3/c1-12(13-3-2-4-14(18)11-13)19-10-9-17(22)20-15-5-7-16(8-6-15)21(23)24/h2-8,11-12,19H,9-10H2,1H3,(H,20,22). The fraction of sp³-hybridized carbons (Fsp3) is 0.235. The number of halogens is 1. The van der Waals surface area contributed by atoms with Crippen molar-refractivity contribution < 1.29 is 9.72 Å². The number of carbonyl (C=O) groups is 1. The van der Waals surface area contributed by atoms with Crippen LogP contribution in [0, 0.1) is 10.1 Å². The van der Waals surface area contributed by atoms with Crippen molar-refractivity contribution in [3.8, 4) is 0 Å². The van der Waals surface area contributed by atoms with Gasteiger partial charge in [-0.05, 0) is 36.8 Å². The molecule has 2 rings (SSSR count). The molecule has 0 saturated carbocycles. The number of nitro benzene ring substituents is 1. The molecule has 0 aromatic heterocycles. The van der Waals surface area contributed by atoms with E-state index < -0.39 is 4.92 Å². The van der Waals surface area contributed by atoms with Crippen molar-refractivity contribution in [2.24, 2.45) is 0 Å². The number of amides is 1. The third-order valence-electron chi connectivity index (χ3n) is 3.51. The third-order valence-corrected chi connectivity index (χ3v) is 3.75. The highest BCUT2D eigenvalue weighted by Gasteiger charge is 2.08. The molecule has 2 N–H and O–H groups in total. The molecule has 0 aliphatic heterocycles. The molecular weight excluding hydrogens is 330 g/mol. The van der Waals surface area contributed by atoms with E-state index in [-0.39, 0.29) is 17.6 Å². The first-order chi connectivity index (χ1) is 11.5. The van der Waals surface area contributed by atoms with Gasteiger partial charge < -0.3 is 10.6 Å². The Hall–Kier alpha value is -2.44. The van der Waals surface area contributed by atoms with E-state index in [9.17, 15) is 14.9 Å². The zero-order valence-corrected chi connectivity index (χ0v) is 13.9. The maximum absolute atomic E-state index is 11.9. The van der Waals surface area contributed by atoms with E-state index in [2.05, 4.69) is 10.6 Å². The van der Waals surface area contributed by atoms with Gasteiger partial charge >= 0.3 is 0 Å². The van der Waals surface area contributed by atoms with Crippen molar-refractivity contribution in [1.29, 1.82) is 0 Å². The van der Waals surface area contributed by atoms with Crippen LogP contribution in [-0.4, -0.2) is 17.4 Å². The molecule has 0 aliphatic rings. The quantitative estimate of drug-likeness (QED) is 0.587. The minimum atomic E-state index is -0.479. The minimum absolute atomic E-state index is 0.00925. The van der Waals surface area contributed by atoms with E-state index in [1.165, 1.54) is 24.3 Å². The number of nitro groups is 1. The molecule has 126 valence electrons. The molecule has 7 heteroatoms. The van der Waals surface area contributed by atoms with Gasteiger partial charge in [0.2, 0.25) is 5.91 Å². The molecule has 1 amide bonds. The summed E-state index contributed by atoms with van der Waals surface area (Å²) < 4.78 is 0. The van der Waals surface area contributed by atoms with E-state index in [0.717, 1.165) is 5.56 Å². The van der Waals surface area contributed by atoms with Crippen molar-refractivity contribution in [2.45, 2.75) is 19.4 Å². The lowest BCUT2D eigenvalue weighted by atomic mass is 10.1. The lowest BCUT2D eigenvalue weighted by Gasteiger charge is -2.14. The van der Waals surface area contributed by atoms with Crippen LogP contribution in [0.25, 0.3) is 0 Å². The molecule has 2 aromatic carbocycles. The summed E-state index contributed by atoms with van der Waals surface area (Å²) in [6.45, 7) is 2.51. The molecule has 1 unspecified atom stereocenters. The number of hydrogen-bond donors (Lipinski definition) is 2. The monoisotopic (exact) mass is 347 g/mol. The van der Waals surface area contributed by atoms with Gasteiger partial charge in [0, 0.05) is 41.9 Å². The lowest BCUT2D eigenvalue weighted by Crippen LogP contribution is -2.24. The Balaban J connectivity index is 1.77. The Morgan fingerprint density at radius 1 is 1.25 bits per heavy atom. The van der Waals surface area contributed by atoms with Crippen LogP contribution in [0.5, 0.6) is 0 Å². The fourth-order valence-corrected chi connectivity index (χ4v) is 2.38. The van der Waals surface area contributed by atoms with Gasteiger partial charge in [0.05, 0.1) is 4.92 Å². The molecule has 0 fully saturated rings. The SMILES string of the molecule is CC(NCCC(=O)Nc1ccc([N+](=O)[O-])cc1)c1cccc(Cl)c1. The third kappa shape index (κ3) is 5.33. The first-order valence-electron chi connectivity index (χ1n) is 7.49. The summed E-state index contributed by atoms with van der Waals surface area (Å²) in [6, 6.07) is 13.4. The average Bonchev–Trinajstić information content (AvgIpc) is 2.55. The zero-order chi connectivity index (χ0) is 17.5. The number of hydrogen-bond acceptors (Lipinski definition) is 4. The number of nitrogens with zero attached hydrogens (tertiary/aromatic N) is 1. The number of nitrogens with one attached hydrogen (secondary N) is 2. The molecule has 6 nitrogen and oxygen atoms in total. The van der Waals surface area contributed by atoms with Crippen molar-refractivity contribution in [3.63, 3.8) is 0 Å². The molecule has 24 heavy (non-hydrogen) atoms. The smallest absolute Gasteiger partial charge is 0.269 e. The van der Waals surface area contributed by atoms with Crippen LogP contribution in [0.4, 0.5) is 11.4 Å². The number of rotatable bonds is 7. The van der Waals surface area contributed by atoms with Gasteiger partial charge in [0.1, 0.15) is 0 Å². The molecule has 0 bridgehead atoms. The predicted molar refractivity (Wildman–Crippen MR) is 94.2 cm³/mol. The molecule has 0 radical (unpaired) electrons. The Kier molecular flexibility index (Phi) is 6.28. The van der Waals surface area contributed by atoms with E-state index in [4.69, 9.17) is 11.6 Å². The van der Waals surface area contributed by atoms with Gasteiger partial charge in [-0.25, -0.2) is 0 Å². The number of carbonyl (C=O) groups excluding carboxylic acids is 1. The molecule has 0 saturated heterocycles. The Labute approximate surface area is 145 Å². The van der Waals surface area contributed by atoms with E-state index in [1.54, 1.807) is 0 Å². The highest BCUT2D eigenvalue weighted by molar-refractivity contribution is 6.30. The van der Waals surface area contributed by atoms with Gasteiger partial charge in [-0.15, -0.1) is 0 Å². The van der Waals surface area contributed by atoms with Gasteiger partial charge in [-0.2, -0.15) is 0 Å². The summed E-state index contributed by atoms with van der Waals surface area (Å²) in [5, 5.41) is 17.2. The van der Waals surface area contributed by atoms with Crippen LogP contribution in [-0.2, 0) is 4.79 Å². The molecular formula is C17H18ClN3O3. The second-order valence-corrected chi connectivity index (χ2v) is 5.77. The molecule has 1 atom stereocenters. The van der Waals surface area contributed by atoms with Crippen molar-refractivity contribution in [3.05, 3.63) is 69.2 Å². The first-order valence-corrected chi connectivity index (χ1v) is 7.86. The number of anilines is 1. The molecule has 0 spiro atoms. The fourth-order valence-electron chi connectivity index (χ4n) is 2.19. The highest BCUT2D eigenvalue weighted by atomic mass is 35.5. The molecule has 0 aliphatic carbocycles. The predicted octanol–water partition coefficient (Wildman–Crippen LogP) is 3.93. The van der Waals surface area contributed by atoms with Crippen LogP contribution >= 0.6 is 11.6 Å². The summed E-state index contributed by atoms with van der Waals surface area (Å²) in [4.78, 5) is 22.0. The van der Waals surface area contributed by atoms with Gasteiger partial charge in [-0.1, -0.05) is 23.7 Å². The number of non-ortho nitro benzene ring substituents is 1. The summed E-state index contributed by atoms with van der Waals surface area (Å²) in [5.74, 6) is -0.158. The summed E-state index contributed by atoms with van der Waals surface area (Å²) in [5.41, 5.74) is 1.58. The largest absolute Gasteiger partial charge is 0.326 e. The average molecular weight is 348 g/mol. The second kappa shape index (κ2) is 8.42. The van der Waals surface area contributed by atoms with Gasteiger partial charge in [0.25, 0.3) is 5.69 Å². The maximum Gasteiger partial charge on any atom is 0.269 e. The zero-order valence-electron chi connectivity index (χ0n) is 13.2. The first kappa shape index (κ1) is 17.9. The van der Waals surface area contributed by atoms with Crippen LogP contribution in [0.3, 0.4) is 0 Å². The molecule has 0 heterocycles. The van der Waals surface area contributed by atoms with Crippen molar-refractivity contribution >= 4 is 28.9 Å². The Bertz CT molecular complexity index is 719. The van der Waals surface area contributed by atoms with Crippen molar-refractivity contribution in [2.75, 3.05) is 11.9 Å². The summed E-state index contributed by atoms with van der Waals surface area (Å²) in [7, 11) is 0. The Morgan fingerprint density at radius 2 is 1.96 bits per heavy atom. The summed E-state index contributed by atoms with van der Waals surface area (Å²) in [6.07, 6.45) is 0.294. The van der Waals surface area contributed by atoms with Gasteiger partial charge in [-0.3, -0.25) is 14.9 Å². The minimum Gasteiger partial charge on any atom is -0.326 e. The topological polar surface area (TPSA) is 84.3 Å². The van der Waals surface area contributed by atoms with E-state index in [1.807, 2.05) is 31.2 Å². The normalized spacial score (nSPS) is 11.8. The maximum atomic E-state index is 11.9. The summed E-state index contributed by atoms with van der Waals surface area (Å²) >= 11 is 5.96. The second-order valence-electron chi connectivity index (χ2n) is 5.33. The highest BCUT2D eigenvalue weighted by Crippen LogP contribution is 2.17. The van der Waals surface area contributed by atoms with Crippen LogP contribution in [0.1, 0.15) is 24.9 Å².